The highest BCUT2D eigenvalue weighted by atomic mass is 16.5. The van der Waals surface area contributed by atoms with E-state index in [1.807, 2.05) is 52.5 Å². The van der Waals surface area contributed by atoms with Crippen LogP contribution in [0, 0.1) is 11.8 Å². The van der Waals surface area contributed by atoms with Gasteiger partial charge in [0.05, 0.1) is 48.7 Å². The second-order valence-corrected chi connectivity index (χ2v) is 15.4. The molecule has 10 rings (SSSR count). The van der Waals surface area contributed by atoms with Crippen LogP contribution in [0.3, 0.4) is 0 Å². The molecular weight excluding hydrogens is 703 g/mol. The number of aromatic amines is 2. The van der Waals surface area contributed by atoms with Crippen molar-refractivity contribution in [1.29, 1.82) is 0 Å². The normalized spacial score (nSPS) is 21.3. The van der Waals surface area contributed by atoms with E-state index in [4.69, 9.17) is 14.7 Å². The summed E-state index contributed by atoms with van der Waals surface area (Å²) in [4.78, 5) is 60.0. The minimum Gasteiger partial charge on any atom is -0.453 e. The molecule has 3 amide bonds. The first-order valence-corrected chi connectivity index (χ1v) is 19.4. The number of benzene rings is 4. The van der Waals surface area contributed by atoms with E-state index in [0.29, 0.717) is 30.4 Å². The Hall–Kier alpha value is -6.49. The number of para-hydroxylation sites is 1. The predicted octanol–water partition coefficient (Wildman–Crippen LogP) is 7.72. The van der Waals surface area contributed by atoms with E-state index in [9.17, 15) is 14.4 Å². The van der Waals surface area contributed by atoms with E-state index in [1.165, 1.54) is 18.2 Å². The summed E-state index contributed by atoms with van der Waals surface area (Å²) in [6, 6.07) is 31.3. The zero-order chi connectivity index (χ0) is 37.9. The molecule has 1 saturated carbocycles. The Bertz CT molecular complexity index is 2460. The molecule has 4 aromatic carbocycles. The molecule has 4 aliphatic rings. The first-order valence-electron chi connectivity index (χ1n) is 19.4. The summed E-state index contributed by atoms with van der Waals surface area (Å²) < 4.78 is 4.86. The quantitative estimate of drug-likeness (QED) is 0.146. The molecule has 5 atom stereocenters. The van der Waals surface area contributed by atoms with E-state index in [-0.39, 0.29) is 23.9 Å². The molecule has 2 aromatic heterocycles. The number of hydrogen-bond acceptors (Lipinski definition) is 6. The smallest absolute Gasteiger partial charge is 0.407 e. The van der Waals surface area contributed by atoms with Crippen LogP contribution >= 0.6 is 0 Å². The summed E-state index contributed by atoms with van der Waals surface area (Å²) in [5, 5.41) is 2.75. The standard InChI is InChI=1S/C45H41N7O4/c1-56-45(55)50-39(30-7-3-2-4-8-30)44(54)51-25-33-21-34(33)41(51)43-47-24-36(49-43)29-19-15-27(16-20-29)26-13-17-28(18-14-26)35-23-46-42(48-35)37-22-32-11-5-9-31-10-6-12-38(53)52(37)40(31)32/h2-5,7-9,11,13-20,23-24,33-34,37,39,41H,6,10,12,21-22,25H2,1H3,(H,46,48)(H,47,49)(H,50,55)/t33-,34+,37+,39-,41?/m1/s1. The molecule has 56 heavy (non-hydrogen) atoms. The average molecular weight is 744 g/mol. The molecule has 0 bridgehead atoms. The van der Waals surface area contributed by atoms with Gasteiger partial charge in [0.1, 0.15) is 17.7 Å². The maximum atomic E-state index is 14.0. The van der Waals surface area contributed by atoms with Crippen molar-refractivity contribution < 1.29 is 19.1 Å². The maximum Gasteiger partial charge on any atom is 0.407 e. The zero-order valence-electron chi connectivity index (χ0n) is 30.9. The molecule has 6 aromatic rings. The van der Waals surface area contributed by atoms with E-state index in [2.05, 4.69) is 82.0 Å². The largest absolute Gasteiger partial charge is 0.453 e. The number of imidazole rings is 2. The molecule has 1 unspecified atom stereocenters. The molecule has 2 fully saturated rings. The number of fused-ring (bicyclic) bond motifs is 1. The van der Waals surface area contributed by atoms with Gasteiger partial charge in [0.2, 0.25) is 5.91 Å². The van der Waals surface area contributed by atoms with Crippen molar-refractivity contribution in [3.8, 4) is 33.6 Å². The van der Waals surface area contributed by atoms with Crippen LogP contribution in [0.15, 0.2) is 109 Å². The van der Waals surface area contributed by atoms with Crippen LogP contribution < -0.4 is 10.2 Å². The van der Waals surface area contributed by atoms with Crippen LogP contribution in [-0.2, 0) is 27.2 Å². The van der Waals surface area contributed by atoms with Crippen LogP contribution in [-0.4, -0.2) is 56.4 Å². The maximum absolute atomic E-state index is 14.0. The van der Waals surface area contributed by atoms with E-state index >= 15 is 0 Å². The van der Waals surface area contributed by atoms with Crippen LogP contribution in [0.4, 0.5) is 10.5 Å². The Kier molecular flexibility index (Phi) is 8.31. The number of carbonyl (C=O) groups is 3. The van der Waals surface area contributed by atoms with Gasteiger partial charge >= 0.3 is 6.09 Å². The lowest BCUT2D eigenvalue weighted by Crippen LogP contribution is -2.44. The number of carbonyl (C=O) groups excluding carboxylic acids is 3. The van der Waals surface area contributed by atoms with Crippen molar-refractivity contribution >= 4 is 23.6 Å². The van der Waals surface area contributed by atoms with E-state index in [0.717, 1.165) is 76.7 Å². The molecular formula is C45H41N7O4. The summed E-state index contributed by atoms with van der Waals surface area (Å²) >= 11 is 0. The summed E-state index contributed by atoms with van der Waals surface area (Å²) in [6.45, 7) is 0.626. The number of amides is 3. The van der Waals surface area contributed by atoms with Crippen molar-refractivity contribution in [2.75, 3.05) is 18.6 Å². The molecule has 280 valence electrons. The van der Waals surface area contributed by atoms with Gasteiger partial charge in [-0.1, -0.05) is 97.1 Å². The number of H-pyrrole nitrogens is 2. The number of ether oxygens (including phenoxy) is 1. The van der Waals surface area contributed by atoms with Crippen molar-refractivity contribution in [2.24, 2.45) is 11.8 Å². The number of anilines is 1. The Labute approximate surface area is 324 Å². The highest BCUT2D eigenvalue weighted by Crippen LogP contribution is 2.56. The van der Waals surface area contributed by atoms with Gasteiger partial charge in [-0.15, -0.1) is 0 Å². The molecule has 0 radical (unpaired) electrons. The second kappa shape index (κ2) is 13.7. The number of rotatable bonds is 8. The Balaban J connectivity index is 0.836. The van der Waals surface area contributed by atoms with Crippen molar-refractivity contribution in [3.05, 3.63) is 138 Å². The summed E-state index contributed by atoms with van der Waals surface area (Å²) in [7, 11) is 1.30. The monoisotopic (exact) mass is 743 g/mol. The number of methoxy groups -OCH3 is 1. The molecule has 0 spiro atoms. The second-order valence-electron chi connectivity index (χ2n) is 15.4. The fourth-order valence-corrected chi connectivity index (χ4v) is 9.13. The highest BCUT2D eigenvalue weighted by Gasteiger charge is 2.56. The van der Waals surface area contributed by atoms with Gasteiger partial charge in [-0.25, -0.2) is 14.8 Å². The molecule has 11 heteroatoms. The first-order chi connectivity index (χ1) is 27.4. The van der Waals surface area contributed by atoms with Gasteiger partial charge in [-0.05, 0) is 70.0 Å². The SMILES string of the molecule is COC(=O)N[C@@H](C(=O)N1C[C@H]2C[C@@H]2C1c1ncc(-c2ccc(-c3ccc(-c4cnc([C@@H]5Cc6cccc7c6N5C(=O)CCC7)[nH]4)cc3)cc2)[nH]1)c1ccccc1. The van der Waals surface area contributed by atoms with Gasteiger partial charge in [-0.2, -0.15) is 0 Å². The lowest BCUT2D eigenvalue weighted by atomic mass is 10.0. The molecule has 1 saturated heterocycles. The number of likely N-dealkylation sites (tertiary alicyclic amines) is 1. The topological polar surface area (TPSA) is 136 Å². The van der Waals surface area contributed by atoms with Gasteiger partial charge in [0, 0.05) is 19.4 Å². The van der Waals surface area contributed by atoms with Crippen molar-refractivity contribution in [1.82, 2.24) is 30.2 Å². The van der Waals surface area contributed by atoms with Crippen molar-refractivity contribution in [3.63, 3.8) is 0 Å². The van der Waals surface area contributed by atoms with Gasteiger partial charge in [0.15, 0.2) is 0 Å². The average Bonchev–Trinajstić information content (AvgIpc) is 3.66. The minimum absolute atomic E-state index is 0.123. The Morgan fingerprint density at radius 1 is 0.786 bits per heavy atom. The third-order valence-corrected chi connectivity index (χ3v) is 12.0. The molecule has 3 N–H and O–H groups in total. The van der Waals surface area contributed by atoms with E-state index in [1.54, 1.807) is 0 Å². The van der Waals surface area contributed by atoms with E-state index < -0.39 is 12.1 Å². The fraction of sp³-hybridized carbons (Fsp3) is 0.267. The third kappa shape index (κ3) is 5.94. The van der Waals surface area contributed by atoms with Gasteiger partial charge < -0.3 is 29.8 Å². The molecule has 11 nitrogen and oxygen atoms in total. The fourth-order valence-electron chi connectivity index (χ4n) is 9.13. The predicted molar refractivity (Wildman–Crippen MR) is 211 cm³/mol. The van der Waals surface area contributed by atoms with Crippen LogP contribution in [0.2, 0.25) is 0 Å². The Morgan fingerprint density at radius 2 is 1.43 bits per heavy atom. The van der Waals surface area contributed by atoms with Crippen LogP contribution in [0.1, 0.15) is 65.7 Å². The molecule has 3 aliphatic heterocycles. The molecule has 5 heterocycles. The number of aromatic nitrogens is 4. The number of aryl methyl sites for hydroxylation is 1. The molecule has 1 aliphatic carbocycles. The van der Waals surface area contributed by atoms with Gasteiger partial charge in [-0.3, -0.25) is 9.59 Å². The van der Waals surface area contributed by atoms with Crippen molar-refractivity contribution in [2.45, 2.75) is 50.2 Å². The summed E-state index contributed by atoms with van der Waals surface area (Å²) in [5.41, 5.74) is 10.3. The summed E-state index contributed by atoms with van der Waals surface area (Å²) in [5.74, 6) is 2.32. The summed E-state index contributed by atoms with van der Waals surface area (Å²) in [6.07, 6.45) is 7.23. The lowest BCUT2D eigenvalue weighted by Gasteiger charge is -2.30. The highest BCUT2D eigenvalue weighted by molar-refractivity contribution is 5.98. The lowest BCUT2D eigenvalue weighted by molar-refractivity contribution is -0.135. The van der Waals surface area contributed by atoms with Crippen LogP contribution in [0.5, 0.6) is 0 Å². The number of piperidine rings is 1. The Morgan fingerprint density at radius 3 is 2.12 bits per heavy atom. The number of alkyl carbamates (subject to hydrolysis) is 1. The van der Waals surface area contributed by atoms with Crippen LogP contribution in [0.25, 0.3) is 33.6 Å². The number of nitrogens with one attached hydrogen (secondary N) is 3. The minimum atomic E-state index is -0.859. The third-order valence-electron chi connectivity index (χ3n) is 12.0. The number of nitrogens with zero attached hydrogens (tertiary/aromatic N) is 4. The zero-order valence-corrected chi connectivity index (χ0v) is 30.9. The first kappa shape index (κ1) is 34.0. The number of hydrogen-bond donors (Lipinski definition) is 3. The van der Waals surface area contributed by atoms with Gasteiger partial charge in [0.25, 0.3) is 5.91 Å².